The van der Waals surface area contributed by atoms with E-state index in [1.165, 1.54) is 0 Å². The summed E-state index contributed by atoms with van der Waals surface area (Å²) in [6.07, 6.45) is 1.55. The number of aryl methyl sites for hydroxylation is 1. The maximum absolute atomic E-state index is 11.3. The number of carboxylic acid groups (broad SMARTS) is 1. The fourth-order valence-corrected chi connectivity index (χ4v) is 2.31. The minimum atomic E-state index is -0.973. The van der Waals surface area contributed by atoms with E-state index in [9.17, 15) is 9.90 Å². The van der Waals surface area contributed by atoms with Crippen LogP contribution in [0.1, 0.15) is 21.5 Å². The summed E-state index contributed by atoms with van der Waals surface area (Å²) in [6.45, 7) is 2.23. The molecule has 0 amide bonds. The highest BCUT2D eigenvalue weighted by atomic mass is 16.5. The van der Waals surface area contributed by atoms with Gasteiger partial charge in [0.15, 0.2) is 0 Å². The summed E-state index contributed by atoms with van der Waals surface area (Å²) in [7, 11) is 0. The van der Waals surface area contributed by atoms with Crippen LogP contribution in [0.15, 0.2) is 53.1 Å². The Balaban J connectivity index is 1.95. The highest BCUT2D eigenvalue weighted by Crippen LogP contribution is 2.27. The molecule has 0 aliphatic heterocycles. The van der Waals surface area contributed by atoms with Gasteiger partial charge in [-0.15, -0.1) is 0 Å². The molecule has 0 saturated heterocycles. The molecule has 3 aromatic rings. The third kappa shape index (κ3) is 2.48. The van der Waals surface area contributed by atoms with Crippen molar-refractivity contribution >= 4 is 16.9 Å². The lowest BCUT2D eigenvalue weighted by molar-refractivity contribution is 0.0699. The Morgan fingerprint density at radius 3 is 2.76 bits per heavy atom. The summed E-state index contributed by atoms with van der Waals surface area (Å²) in [5, 5.41) is 9.87. The van der Waals surface area contributed by atoms with Gasteiger partial charge < -0.3 is 14.3 Å². The van der Waals surface area contributed by atoms with Gasteiger partial charge >= 0.3 is 5.97 Å². The molecule has 21 heavy (non-hydrogen) atoms. The van der Waals surface area contributed by atoms with Crippen LogP contribution < -0.4 is 4.74 Å². The maximum atomic E-state index is 11.3. The molecular formula is C17H14O4. The predicted molar refractivity (Wildman–Crippen MR) is 78.7 cm³/mol. The van der Waals surface area contributed by atoms with Gasteiger partial charge in [0.2, 0.25) is 0 Å². The minimum Gasteiger partial charge on any atom is -0.488 e. The zero-order valence-electron chi connectivity index (χ0n) is 11.5. The lowest BCUT2D eigenvalue weighted by atomic mass is 10.1. The quantitative estimate of drug-likeness (QED) is 0.785. The van der Waals surface area contributed by atoms with Gasteiger partial charge in [-0.25, -0.2) is 4.79 Å². The molecule has 2 aromatic carbocycles. The molecular weight excluding hydrogens is 268 g/mol. The molecule has 1 N–H and O–H groups in total. The van der Waals surface area contributed by atoms with Gasteiger partial charge in [-0.3, -0.25) is 0 Å². The van der Waals surface area contributed by atoms with Crippen molar-refractivity contribution in [2.24, 2.45) is 0 Å². The molecule has 0 unspecified atom stereocenters. The first-order valence-corrected chi connectivity index (χ1v) is 6.57. The lowest BCUT2D eigenvalue weighted by Gasteiger charge is -2.08. The molecule has 0 atom stereocenters. The maximum Gasteiger partial charge on any atom is 0.336 e. The number of aromatic carboxylic acids is 1. The monoisotopic (exact) mass is 282 g/mol. The van der Waals surface area contributed by atoms with Crippen LogP contribution in [-0.4, -0.2) is 11.1 Å². The van der Waals surface area contributed by atoms with Gasteiger partial charge in [0.25, 0.3) is 0 Å². The van der Waals surface area contributed by atoms with Gasteiger partial charge in [-0.05, 0) is 30.7 Å². The summed E-state index contributed by atoms with van der Waals surface area (Å²) in [6, 6.07) is 12.7. The number of rotatable bonds is 4. The highest BCUT2D eigenvalue weighted by molar-refractivity contribution is 6.03. The number of carboxylic acids is 1. The van der Waals surface area contributed by atoms with E-state index >= 15 is 0 Å². The zero-order chi connectivity index (χ0) is 14.8. The molecule has 0 aliphatic rings. The van der Waals surface area contributed by atoms with Crippen LogP contribution >= 0.6 is 0 Å². The van der Waals surface area contributed by atoms with E-state index in [0.29, 0.717) is 11.0 Å². The van der Waals surface area contributed by atoms with Crippen molar-refractivity contribution in [2.45, 2.75) is 13.5 Å². The molecule has 0 saturated carbocycles. The van der Waals surface area contributed by atoms with Gasteiger partial charge in [-0.2, -0.15) is 0 Å². The van der Waals surface area contributed by atoms with E-state index in [4.69, 9.17) is 9.15 Å². The second kappa shape index (κ2) is 5.32. The number of ether oxygens (including phenoxy) is 1. The second-order valence-electron chi connectivity index (χ2n) is 4.80. The topological polar surface area (TPSA) is 59.7 Å². The first-order chi connectivity index (χ1) is 10.2. The molecule has 0 aliphatic carbocycles. The molecule has 4 heteroatoms. The number of hydrogen-bond donors (Lipinski definition) is 1. The highest BCUT2D eigenvalue weighted by Gasteiger charge is 2.15. The molecule has 0 radical (unpaired) electrons. The molecule has 0 fully saturated rings. The smallest absolute Gasteiger partial charge is 0.336 e. The Bertz CT molecular complexity index is 801. The number of fused-ring (bicyclic) bond motifs is 1. The number of hydrogen-bond acceptors (Lipinski definition) is 3. The Kier molecular flexibility index (Phi) is 3.36. The SMILES string of the molecule is Cc1ccccc1OCc1coc2cccc(C(=O)O)c12. The molecule has 1 heterocycles. The molecule has 1 aromatic heterocycles. The van der Waals surface area contributed by atoms with E-state index in [2.05, 4.69) is 0 Å². The van der Waals surface area contributed by atoms with Crippen molar-refractivity contribution in [2.75, 3.05) is 0 Å². The van der Waals surface area contributed by atoms with Crippen LogP contribution in [0.3, 0.4) is 0 Å². The van der Waals surface area contributed by atoms with E-state index in [-0.39, 0.29) is 12.2 Å². The standard InChI is InChI=1S/C17H14O4/c1-11-5-2-3-7-14(11)20-9-12-10-21-15-8-4-6-13(16(12)15)17(18)19/h2-8,10H,9H2,1H3,(H,18,19). The lowest BCUT2D eigenvalue weighted by Crippen LogP contribution is -2.00. The van der Waals surface area contributed by atoms with Crippen LogP contribution in [-0.2, 0) is 6.61 Å². The second-order valence-corrected chi connectivity index (χ2v) is 4.80. The van der Waals surface area contributed by atoms with Crippen LogP contribution in [0.2, 0.25) is 0 Å². The summed E-state index contributed by atoms with van der Waals surface area (Å²) in [4.78, 5) is 11.3. The van der Waals surface area contributed by atoms with Gasteiger partial charge in [0.05, 0.1) is 11.8 Å². The van der Waals surface area contributed by atoms with Crippen molar-refractivity contribution in [1.82, 2.24) is 0 Å². The Hall–Kier alpha value is -2.75. The van der Waals surface area contributed by atoms with Crippen LogP contribution in [0.4, 0.5) is 0 Å². The minimum absolute atomic E-state index is 0.227. The third-order valence-corrected chi connectivity index (χ3v) is 3.38. The molecule has 4 nitrogen and oxygen atoms in total. The van der Waals surface area contributed by atoms with Crippen molar-refractivity contribution in [3.05, 3.63) is 65.4 Å². The first-order valence-electron chi connectivity index (χ1n) is 6.57. The van der Waals surface area contributed by atoms with Crippen LogP contribution in [0.5, 0.6) is 5.75 Å². The van der Waals surface area contributed by atoms with Gasteiger partial charge in [-0.1, -0.05) is 24.3 Å². The largest absolute Gasteiger partial charge is 0.488 e. The van der Waals surface area contributed by atoms with Crippen molar-refractivity contribution in [3.63, 3.8) is 0 Å². The van der Waals surface area contributed by atoms with Crippen molar-refractivity contribution < 1.29 is 19.1 Å². The van der Waals surface area contributed by atoms with Gasteiger partial charge in [0.1, 0.15) is 17.9 Å². The normalized spacial score (nSPS) is 10.7. The summed E-state index contributed by atoms with van der Waals surface area (Å²) in [5.74, 6) is -0.196. The molecule has 106 valence electrons. The van der Waals surface area contributed by atoms with E-state index in [1.807, 2.05) is 31.2 Å². The number of carbonyl (C=O) groups is 1. The number of para-hydroxylation sites is 1. The average Bonchev–Trinajstić information content (AvgIpc) is 2.89. The Morgan fingerprint density at radius 2 is 2.00 bits per heavy atom. The third-order valence-electron chi connectivity index (χ3n) is 3.38. The van der Waals surface area contributed by atoms with Crippen molar-refractivity contribution in [1.29, 1.82) is 0 Å². The number of benzene rings is 2. The summed E-state index contributed by atoms with van der Waals surface area (Å²) >= 11 is 0. The Labute approximate surface area is 121 Å². The van der Waals surface area contributed by atoms with Crippen molar-refractivity contribution in [3.8, 4) is 5.75 Å². The van der Waals surface area contributed by atoms with E-state index < -0.39 is 5.97 Å². The first kappa shape index (κ1) is 13.2. The fraction of sp³-hybridized carbons (Fsp3) is 0.118. The predicted octanol–water partition coefficient (Wildman–Crippen LogP) is 4.02. The molecule has 3 rings (SSSR count). The molecule has 0 spiro atoms. The van der Waals surface area contributed by atoms with E-state index in [1.54, 1.807) is 24.5 Å². The molecule has 0 bridgehead atoms. The average molecular weight is 282 g/mol. The fourth-order valence-electron chi connectivity index (χ4n) is 2.31. The van der Waals surface area contributed by atoms with Crippen LogP contribution in [0.25, 0.3) is 11.0 Å². The van der Waals surface area contributed by atoms with Crippen LogP contribution in [0, 0.1) is 6.92 Å². The number of furan rings is 1. The Morgan fingerprint density at radius 1 is 1.19 bits per heavy atom. The van der Waals surface area contributed by atoms with Gasteiger partial charge in [0, 0.05) is 10.9 Å². The summed E-state index contributed by atoms with van der Waals surface area (Å²) in [5.41, 5.74) is 2.54. The zero-order valence-corrected chi connectivity index (χ0v) is 11.5. The van der Waals surface area contributed by atoms with E-state index in [0.717, 1.165) is 16.9 Å². The summed E-state index contributed by atoms with van der Waals surface area (Å²) < 4.78 is 11.2.